The zero-order valence-corrected chi connectivity index (χ0v) is 11.5. The minimum Gasteiger partial charge on any atom is -0.381 e. The Labute approximate surface area is 114 Å². The van der Waals surface area contributed by atoms with Crippen LogP contribution in [0.3, 0.4) is 0 Å². The van der Waals surface area contributed by atoms with Gasteiger partial charge in [-0.25, -0.2) is 4.68 Å². The van der Waals surface area contributed by atoms with Crippen molar-refractivity contribution in [2.24, 2.45) is 5.92 Å². The molecule has 4 heteroatoms. The van der Waals surface area contributed by atoms with E-state index in [1.54, 1.807) is 0 Å². The van der Waals surface area contributed by atoms with Crippen molar-refractivity contribution in [2.75, 3.05) is 25.1 Å². The predicted octanol–water partition coefficient (Wildman–Crippen LogP) is 2.93. The molecule has 3 aliphatic rings. The maximum atomic E-state index is 5.46. The SMILES string of the molecule is c1c(C2CCOCC2)nn2c1NCC1CCCCC12. The molecular weight excluding hydrogens is 238 g/mol. The summed E-state index contributed by atoms with van der Waals surface area (Å²) in [6.07, 6.45) is 7.70. The van der Waals surface area contributed by atoms with Crippen LogP contribution in [-0.2, 0) is 4.74 Å². The second kappa shape index (κ2) is 4.82. The second-order valence-electron chi connectivity index (χ2n) is 6.28. The number of rotatable bonds is 1. The van der Waals surface area contributed by atoms with Crippen LogP contribution in [0.4, 0.5) is 5.82 Å². The van der Waals surface area contributed by atoms with Gasteiger partial charge < -0.3 is 10.1 Å². The molecule has 2 fully saturated rings. The minimum absolute atomic E-state index is 0.607. The average Bonchev–Trinajstić information content (AvgIpc) is 2.93. The molecule has 4 rings (SSSR count). The summed E-state index contributed by atoms with van der Waals surface area (Å²) >= 11 is 0. The van der Waals surface area contributed by atoms with Crippen molar-refractivity contribution >= 4 is 5.82 Å². The van der Waals surface area contributed by atoms with Gasteiger partial charge in [0.15, 0.2) is 0 Å². The lowest BCUT2D eigenvalue weighted by Gasteiger charge is -2.36. The molecule has 19 heavy (non-hydrogen) atoms. The van der Waals surface area contributed by atoms with Gasteiger partial charge in [-0.15, -0.1) is 0 Å². The normalized spacial score (nSPS) is 31.4. The van der Waals surface area contributed by atoms with E-state index in [0.717, 1.165) is 38.5 Å². The first kappa shape index (κ1) is 11.8. The first-order valence-corrected chi connectivity index (χ1v) is 7.83. The van der Waals surface area contributed by atoms with Crippen molar-refractivity contribution in [2.45, 2.75) is 50.5 Å². The van der Waals surface area contributed by atoms with Gasteiger partial charge in [-0.3, -0.25) is 0 Å². The molecule has 0 spiro atoms. The quantitative estimate of drug-likeness (QED) is 0.845. The van der Waals surface area contributed by atoms with Crippen LogP contribution in [0.2, 0.25) is 0 Å². The smallest absolute Gasteiger partial charge is 0.124 e. The highest BCUT2D eigenvalue weighted by atomic mass is 16.5. The maximum absolute atomic E-state index is 5.46. The van der Waals surface area contributed by atoms with Crippen molar-refractivity contribution in [3.63, 3.8) is 0 Å². The van der Waals surface area contributed by atoms with Crippen molar-refractivity contribution in [3.8, 4) is 0 Å². The van der Waals surface area contributed by atoms with E-state index in [9.17, 15) is 0 Å². The van der Waals surface area contributed by atoms with E-state index in [1.807, 2.05) is 0 Å². The summed E-state index contributed by atoms with van der Waals surface area (Å²) in [7, 11) is 0. The summed E-state index contributed by atoms with van der Waals surface area (Å²) in [4.78, 5) is 0. The van der Waals surface area contributed by atoms with Gasteiger partial charge in [0.2, 0.25) is 0 Å². The van der Waals surface area contributed by atoms with Gasteiger partial charge in [0.1, 0.15) is 5.82 Å². The molecule has 1 aliphatic carbocycles. The summed E-state index contributed by atoms with van der Waals surface area (Å²) in [5.41, 5.74) is 1.29. The summed E-state index contributed by atoms with van der Waals surface area (Å²) in [5, 5.41) is 8.55. The highest BCUT2D eigenvalue weighted by Gasteiger charge is 2.33. The number of ether oxygens (including phenoxy) is 1. The monoisotopic (exact) mass is 261 g/mol. The first-order chi connectivity index (χ1) is 9.42. The third-order valence-corrected chi connectivity index (χ3v) is 5.12. The molecule has 0 aromatic carbocycles. The summed E-state index contributed by atoms with van der Waals surface area (Å²) in [6.45, 7) is 2.93. The van der Waals surface area contributed by atoms with E-state index in [1.165, 1.54) is 37.2 Å². The Balaban J connectivity index is 1.61. The van der Waals surface area contributed by atoms with Crippen molar-refractivity contribution in [1.82, 2.24) is 9.78 Å². The lowest BCUT2D eigenvalue weighted by molar-refractivity contribution is 0.0841. The Kier molecular flexibility index (Phi) is 2.98. The van der Waals surface area contributed by atoms with Crippen LogP contribution in [-0.4, -0.2) is 29.5 Å². The highest BCUT2D eigenvalue weighted by Crippen LogP contribution is 2.40. The third-order valence-electron chi connectivity index (χ3n) is 5.12. The highest BCUT2D eigenvalue weighted by molar-refractivity contribution is 5.41. The molecule has 0 amide bonds. The van der Waals surface area contributed by atoms with Crippen molar-refractivity contribution in [1.29, 1.82) is 0 Å². The van der Waals surface area contributed by atoms with Crippen molar-refractivity contribution < 1.29 is 4.74 Å². The topological polar surface area (TPSA) is 39.1 Å². The molecule has 1 aromatic heterocycles. The van der Waals surface area contributed by atoms with Crippen LogP contribution >= 0.6 is 0 Å². The third kappa shape index (κ3) is 2.06. The molecule has 3 heterocycles. The second-order valence-corrected chi connectivity index (χ2v) is 6.28. The molecule has 2 atom stereocenters. The molecular formula is C15H23N3O. The largest absolute Gasteiger partial charge is 0.381 e. The van der Waals surface area contributed by atoms with Gasteiger partial charge in [-0.05, 0) is 31.6 Å². The van der Waals surface area contributed by atoms with E-state index >= 15 is 0 Å². The van der Waals surface area contributed by atoms with E-state index in [2.05, 4.69) is 16.1 Å². The number of nitrogens with one attached hydrogen (secondary N) is 1. The number of nitrogens with zero attached hydrogens (tertiary/aromatic N) is 2. The van der Waals surface area contributed by atoms with Gasteiger partial charge >= 0.3 is 0 Å². The Morgan fingerprint density at radius 3 is 2.89 bits per heavy atom. The Bertz CT molecular complexity index is 450. The lowest BCUT2D eigenvalue weighted by atomic mass is 9.83. The van der Waals surface area contributed by atoms with Gasteiger partial charge in [0.05, 0.1) is 11.7 Å². The Morgan fingerprint density at radius 2 is 2.00 bits per heavy atom. The number of hydrogen-bond acceptors (Lipinski definition) is 3. The van der Waals surface area contributed by atoms with Gasteiger partial charge in [-0.2, -0.15) is 5.10 Å². The molecule has 1 aromatic rings. The van der Waals surface area contributed by atoms with Crippen LogP contribution in [0.1, 0.15) is 56.2 Å². The summed E-state index contributed by atoms with van der Waals surface area (Å²) in [6, 6.07) is 2.94. The summed E-state index contributed by atoms with van der Waals surface area (Å²) < 4.78 is 7.76. The van der Waals surface area contributed by atoms with Crippen LogP contribution < -0.4 is 5.32 Å². The number of hydrogen-bond donors (Lipinski definition) is 1. The van der Waals surface area contributed by atoms with Gasteiger partial charge in [0.25, 0.3) is 0 Å². The molecule has 1 N–H and O–H groups in total. The number of anilines is 1. The molecule has 4 nitrogen and oxygen atoms in total. The van der Waals surface area contributed by atoms with E-state index < -0.39 is 0 Å². The number of aromatic nitrogens is 2. The fourth-order valence-electron chi connectivity index (χ4n) is 3.97. The molecule has 0 bridgehead atoms. The number of fused-ring (bicyclic) bond motifs is 3. The summed E-state index contributed by atoms with van der Waals surface area (Å²) in [5.74, 6) is 2.66. The zero-order chi connectivity index (χ0) is 12.7. The first-order valence-electron chi connectivity index (χ1n) is 7.83. The van der Waals surface area contributed by atoms with Gasteiger partial charge in [-0.1, -0.05) is 12.8 Å². The molecule has 2 aliphatic heterocycles. The fraction of sp³-hybridized carbons (Fsp3) is 0.800. The van der Waals surface area contributed by atoms with Crippen LogP contribution in [0, 0.1) is 5.92 Å². The maximum Gasteiger partial charge on any atom is 0.124 e. The van der Waals surface area contributed by atoms with Crippen LogP contribution in [0.25, 0.3) is 0 Å². The molecule has 1 saturated heterocycles. The zero-order valence-electron chi connectivity index (χ0n) is 11.5. The lowest BCUT2D eigenvalue weighted by Crippen LogP contribution is -2.35. The Hall–Kier alpha value is -1.03. The van der Waals surface area contributed by atoms with Crippen LogP contribution in [0.15, 0.2) is 6.07 Å². The average molecular weight is 261 g/mol. The van der Waals surface area contributed by atoms with E-state index in [0.29, 0.717) is 12.0 Å². The fourth-order valence-corrected chi connectivity index (χ4v) is 3.97. The molecule has 0 radical (unpaired) electrons. The van der Waals surface area contributed by atoms with E-state index in [4.69, 9.17) is 9.84 Å². The van der Waals surface area contributed by atoms with E-state index in [-0.39, 0.29) is 0 Å². The molecule has 104 valence electrons. The Morgan fingerprint density at radius 1 is 1.16 bits per heavy atom. The predicted molar refractivity (Wildman–Crippen MR) is 74.5 cm³/mol. The standard InChI is InChI=1S/C15H23N3O/c1-2-4-14-12(3-1)10-16-15-9-13(17-18(14)15)11-5-7-19-8-6-11/h9,11-12,14,16H,1-8,10H2. The molecule has 2 unspecified atom stereocenters. The van der Waals surface area contributed by atoms with Crippen LogP contribution in [0.5, 0.6) is 0 Å². The van der Waals surface area contributed by atoms with Gasteiger partial charge in [0, 0.05) is 31.7 Å². The van der Waals surface area contributed by atoms with Crippen molar-refractivity contribution in [3.05, 3.63) is 11.8 Å². The minimum atomic E-state index is 0.607. The molecule has 1 saturated carbocycles.